The number of carbonyl (C=O) groups excluding carboxylic acids is 2. The number of phenols is 1. The van der Waals surface area contributed by atoms with Crippen molar-refractivity contribution in [2.75, 3.05) is 18.1 Å². The van der Waals surface area contributed by atoms with Gasteiger partial charge in [-0.1, -0.05) is 25.1 Å². The Morgan fingerprint density at radius 3 is 2.66 bits per heavy atom. The molecule has 9 heteroatoms. The van der Waals surface area contributed by atoms with Gasteiger partial charge in [0.15, 0.2) is 22.9 Å². The Morgan fingerprint density at radius 2 is 1.90 bits per heavy atom. The van der Waals surface area contributed by atoms with E-state index in [-0.39, 0.29) is 40.7 Å². The first-order valence-corrected chi connectivity index (χ1v) is 13.8. The lowest BCUT2D eigenvalue weighted by atomic mass is 9.74. The number of halogens is 2. The van der Waals surface area contributed by atoms with E-state index in [2.05, 4.69) is 25.7 Å². The number of aromatic hydroxyl groups is 1. The van der Waals surface area contributed by atoms with Crippen molar-refractivity contribution in [3.05, 3.63) is 81.9 Å². The molecule has 0 fully saturated rings. The molecule has 0 radical (unpaired) electrons. The van der Waals surface area contributed by atoms with Crippen molar-refractivity contribution >= 4 is 17.6 Å². The van der Waals surface area contributed by atoms with Gasteiger partial charge < -0.3 is 24.2 Å². The number of esters is 2. The van der Waals surface area contributed by atoms with E-state index < -0.39 is 34.7 Å². The van der Waals surface area contributed by atoms with E-state index in [0.717, 1.165) is 23.7 Å². The van der Waals surface area contributed by atoms with Crippen LogP contribution in [0.4, 0.5) is 14.5 Å². The summed E-state index contributed by atoms with van der Waals surface area (Å²) in [5.74, 6) is -4.60. The third kappa shape index (κ3) is 3.96. The summed E-state index contributed by atoms with van der Waals surface area (Å²) >= 11 is 0. The van der Waals surface area contributed by atoms with E-state index in [4.69, 9.17) is 14.2 Å². The fraction of sp³-hybridized carbons (Fsp3) is 0.375. The number of rotatable bonds is 5. The highest BCUT2D eigenvalue weighted by molar-refractivity contribution is 5.97. The molecule has 1 spiro atoms. The molecule has 7 nitrogen and oxygen atoms in total. The smallest absolute Gasteiger partial charge is 0.340 e. The number of benzene rings is 3. The van der Waals surface area contributed by atoms with Crippen molar-refractivity contribution in [2.24, 2.45) is 0 Å². The van der Waals surface area contributed by atoms with Crippen LogP contribution in [0.1, 0.15) is 85.5 Å². The Kier molecular flexibility index (Phi) is 6.24. The molecule has 0 saturated heterocycles. The molecule has 0 amide bonds. The molecule has 3 aliphatic heterocycles. The van der Waals surface area contributed by atoms with Gasteiger partial charge in [0, 0.05) is 41.4 Å². The number of phenolic OH excluding ortho intramolecular Hbond substituents is 1. The first-order chi connectivity index (χ1) is 19.5. The van der Waals surface area contributed by atoms with Gasteiger partial charge in [-0.3, -0.25) is 4.79 Å². The molecule has 6 rings (SSSR count). The van der Waals surface area contributed by atoms with Gasteiger partial charge in [0.1, 0.15) is 5.75 Å². The summed E-state index contributed by atoms with van der Waals surface area (Å²) in [7, 11) is 0. The van der Waals surface area contributed by atoms with Gasteiger partial charge in [0.25, 0.3) is 0 Å². The second-order valence-corrected chi connectivity index (χ2v) is 11.5. The van der Waals surface area contributed by atoms with Crippen LogP contribution in [0.5, 0.6) is 17.2 Å². The minimum Gasteiger partial charge on any atom is -0.503 e. The summed E-state index contributed by atoms with van der Waals surface area (Å²) in [5.41, 5.74) is 0.991. The van der Waals surface area contributed by atoms with Crippen molar-refractivity contribution in [1.29, 1.82) is 0 Å². The molecule has 2 unspecified atom stereocenters. The van der Waals surface area contributed by atoms with E-state index in [0.29, 0.717) is 30.7 Å². The SMILES string of the molecule is CCOC(=O)CCCN1c2cc3c(cc2C(C)CC1(C)C)C1(OC(=O)c2ccccc21)c1cc(F)c(O)c(F)c1O3. The minimum absolute atomic E-state index is 0.0360. The van der Waals surface area contributed by atoms with E-state index >= 15 is 4.39 Å². The van der Waals surface area contributed by atoms with Crippen molar-refractivity contribution in [3.63, 3.8) is 0 Å². The van der Waals surface area contributed by atoms with Crippen molar-refractivity contribution in [2.45, 2.75) is 64.0 Å². The van der Waals surface area contributed by atoms with E-state index in [1.807, 2.05) is 6.07 Å². The molecule has 3 aromatic rings. The molecule has 0 saturated carbocycles. The van der Waals surface area contributed by atoms with Gasteiger partial charge in [-0.05, 0) is 63.3 Å². The molecule has 3 heterocycles. The maximum Gasteiger partial charge on any atom is 0.340 e. The monoisotopic (exact) mass is 563 g/mol. The third-order valence-corrected chi connectivity index (χ3v) is 8.45. The average molecular weight is 564 g/mol. The molecule has 2 atom stereocenters. The Balaban J connectivity index is 1.55. The van der Waals surface area contributed by atoms with Crippen molar-refractivity contribution in [3.8, 4) is 17.2 Å². The summed E-state index contributed by atoms with van der Waals surface area (Å²) in [4.78, 5) is 27.4. The second kappa shape index (κ2) is 9.46. The van der Waals surface area contributed by atoms with E-state index in [1.165, 1.54) is 0 Å². The van der Waals surface area contributed by atoms with Gasteiger partial charge in [-0.15, -0.1) is 0 Å². The zero-order valence-corrected chi connectivity index (χ0v) is 23.3. The Labute approximate surface area is 236 Å². The minimum atomic E-state index is -1.68. The molecule has 0 bridgehead atoms. The number of hydrogen-bond acceptors (Lipinski definition) is 7. The lowest BCUT2D eigenvalue weighted by molar-refractivity contribution is -0.143. The van der Waals surface area contributed by atoms with Crippen LogP contribution in [-0.4, -0.2) is 35.7 Å². The van der Waals surface area contributed by atoms with Crippen molar-refractivity contribution in [1.82, 2.24) is 0 Å². The number of ether oxygens (including phenoxy) is 3. The predicted molar refractivity (Wildman–Crippen MR) is 147 cm³/mol. The quantitative estimate of drug-likeness (QED) is 0.347. The predicted octanol–water partition coefficient (Wildman–Crippen LogP) is 6.67. The molecule has 0 aliphatic carbocycles. The van der Waals surface area contributed by atoms with Gasteiger partial charge in [0.05, 0.1) is 17.7 Å². The molecule has 1 N–H and O–H groups in total. The van der Waals surface area contributed by atoms with E-state index in [1.54, 1.807) is 37.3 Å². The Bertz CT molecular complexity index is 1600. The van der Waals surface area contributed by atoms with Gasteiger partial charge in [0.2, 0.25) is 5.82 Å². The third-order valence-electron chi connectivity index (χ3n) is 8.45. The first-order valence-electron chi connectivity index (χ1n) is 13.8. The second-order valence-electron chi connectivity index (χ2n) is 11.5. The number of fused-ring (bicyclic) bond motifs is 7. The van der Waals surface area contributed by atoms with Crippen LogP contribution in [-0.2, 0) is 19.9 Å². The fourth-order valence-electron chi connectivity index (χ4n) is 6.73. The maximum atomic E-state index is 15.4. The zero-order chi connectivity index (χ0) is 29.3. The van der Waals surface area contributed by atoms with Gasteiger partial charge in [-0.2, -0.15) is 4.39 Å². The number of hydrogen-bond donors (Lipinski definition) is 1. The maximum absolute atomic E-state index is 15.4. The van der Waals surface area contributed by atoms with Crippen LogP contribution in [0.15, 0.2) is 42.5 Å². The largest absolute Gasteiger partial charge is 0.503 e. The molecular weight excluding hydrogens is 532 g/mol. The number of anilines is 1. The van der Waals surface area contributed by atoms with Crippen LogP contribution in [0.3, 0.4) is 0 Å². The van der Waals surface area contributed by atoms with Crippen LogP contribution in [0.25, 0.3) is 0 Å². The van der Waals surface area contributed by atoms with Gasteiger partial charge in [-0.25, -0.2) is 9.18 Å². The fourth-order valence-corrected chi connectivity index (χ4v) is 6.73. The summed E-state index contributed by atoms with van der Waals surface area (Å²) in [6.45, 7) is 9.02. The lowest BCUT2D eigenvalue weighted by Gasteiger charge is -2.48. The zero-order valence-electron chi connectivity index (χ0n) is 23.3. The number of nitrogens with zero attached hydrogens (tertiary/aromatic N) is 1. The lowest BCUT2D eigenvalue weighted by Crippen LogP contribution is -2.49. The van der Waals surface area contributed by atoms with Crippen LogP contribution >= 0.6 is 0 Å². The highest BCUT2D eigenvalue weighted by atomic mass is 19.1. The topological polar surface area (TPSA) is 85.3 Å². The molecule has 0 aromatic heterocycles. The highest BCUT2D eigenvalue weighted by Crippen LogP contribution is 2.60. The van der Waals surface area contributed by atoms with Crippen LogP contribution in [0, 0.1) is 11.6 Å². The molecule has 214 valence electrons. The number of carbonyl (C=O) groups is 2. The average Bonchev–Trinajstić information content (AvgIpc) is 3.22. The Morgan fingerprint density at radius 1 is 1.15 bits per heavy atom. The van der Waals surface area contributed by atoms with Crippen LogP contribution < -0.4 is 9.64 Å². The molecule has 3 aliphatic rings. The Hall–Kier alpha value is -4.14. The normalized spacial score (nSPS) is 21.4. The summed E-state index contributed by atoms with van der Waals surface area (Å²) in [5, 5.41) is 10.1. The van der Waals surface area contributed by atoms with Crippen LogP contribution in [0.2, 0.25) is 0 Å². The van der Waals surface area contributed by atoms with Gasteiger partial charge >= 0.3 is 11.9 Å². The van der Waals surface area contributed by atoms with E-state index in [9.17, 15) is 19.1 Å². The standard InChI is InChI=1S/C32H31F2NO6/c1-5-39-26(36)11-8-12-35-24-15-25-21(13-19(24)17(2)16-31(35,3)4)32(20-10-7-6-9-18(20)30(38)41-32)22-14-23(33)28(37)27(34)29(22)40-25/h6-7,9-10,13-15,17,37H,5,8,11-12,16H2,1-4H3. The highest BCUT2D eigenvalue weighted by Gasteiger charge is 2.55. The summed E-state index contributed by atoms with van der Waals surface area (Å²) in [6, 6.07) is 11.4. The summed E-state index contributed by atoms with van der Waals surface area (Å²) in [6.07, 6.45) is 1.63. The molecule has 3 aromatic carbocycles. The van der Waals surface area contributed by atoms with Crippen molar-refractivity contribution < 1.29 is 37.7 Å². The molecular formula is C32H31F2NO6. The molecule has 41 heavy (non-hydrogen) atoms. The first kappa shape index (κ1) is 27.1. The summed E-state index contributed by atoms with van der Waals surface area (Å²) < 4.78 is 47.5.